The van der Waals surface area contributed by atoms with Crippen LogP contribution < -0.4 is 5.73 Å². The first kappa shape index (κ1) is 11.8. The highest BCUT2D eigenvalue weighted by molar-refractivity contribution is 4.94. The highest BCUT2D eigenvalue weighted by atomic mass is 19.3. The minimum atomic E-state index is -2.73. The monoisotopic (exact) mass is 179 g/mol. The van der Waals surface area contributed by atoms with E-state index in [9.17, 15) is 8.78 Å². The number of nitrogens with two attached hydrogens (primary N) is 1. The van der Waals surface area contributed by atoms with Crippen LogP contribution in [0.25, 0.3) is 0 Å². The van der Waals surface area contributed by atoms with Crippen LogP contribution in [0.3, 0.4) is 0 Å². The van der Waals surface area contributed by atoms with Crippen molar-refractivity contribution in [2.24, 2.45) is 17.1 Å². The molecule has 12 heavy (non-hydrogen) atoms. The molecule has 0 bridgehead atoms. The van der Waals surface area contributed by atoms with Gasteiger partial charge in [-0.25, -0.2) is 8.78 Å². The van der Waals surface area contributed by atoms with Crippen LogP contribution in [0.5, 0.6) is 0 Å². The molecule has 0 saturated heterocycles. The van der Waals surface area contributed by atoms with Gasteiger partial charge in [-0.2, -0.15) is 0 Å². The van der Waals surface area contributed by atoms with Crippen LogP contribution in [0.4, 0.5) is 8.78 Å². The van der Waals surface area contributed by atoms with E-state index in [1.54, 1.807) is 27.7 Å². The zero-order chi connectivity index (χ0) is 10.2. The smallest absolute Gasteiger partial charge is 0.252 e. The minimum Gasteiger partial charge on any atom is -0.327 e. The Morgan fingerprint density at radius 2 is 1.42 bits per heavy atom. The summed E-state index contributed by atoms with van der Waals surface area (Å²) in [4.78, 5) is 0. The van der Waals surface area contributed by atoms with Gasteiger partial charge in [-0.15, -0.1) is 0 Å². The Hall–Kier alpha value is -0.180. The zero-order valence-corrected chi connectivity index (χ0v) is 8.49. The molecule has 0 radical (unpaired) electrons. The molecule has 0 aliphatic heterocycles. The summed E-state index contributed by atoms with van der Waals surface area (Å²) >= 11 is 0. The fourth-order valence-corrected chi connectivity index (χ4v) is 1.43. The van der Waals surface area contributed by atoms with Crippen LogP contribution in [0.2, 0.25) is 0 Å². The second-order valence-corrected chi connectivity index (χ2v) is 4.11. The molecule has 0 saturated carbocycles. The van der Waals surface area contributed by atoms with Gasteiger partial charge in [-0.1, -0.05) is 20.8 Å². The predicted molar refractivity (Wildman–Crippen MR) is 47.2 cm³/mol. The summed E-state index contributed by atoms with van der Waals surface area (Å²) in [6.45, 7) is 7.68. The molecule has 0 aromatic carbocycles. The quantitative estimate of drug-likeness (QED) is 0.708. The summed E-state index contributed by atoms with van der Waals surface area (Å²) in [5, 5.41) is 0. The normalized spacial score (nSPS) is 20.8. The van der Waals surface area contributed by atoms with Gasteiger partial charge in [0.25, 0.3) is 5.92 Å². The van der Waals surface area contributed by atoms with E-state index in [0.717, 1.165) is 6.92 Å². The van der Waals surface area contributed by atoms with Crippen LogP contribution in [-0.2, 0) is 0 Å². The highest BCUT2D eigenvalue weighted by Gasteiger charge is 2.50. The number of hydrogen-bond donors (Lipinski definition) is 1. The van der Waals surface area contributed by atoms with Crippen LogP contribution in [0, 0.1) is 11.3 Å². The van der Waals surface area contributed by atoms with E-state index >= 15 is 0 Å². The lowest BCUT2D eigenvalue weighted by Gasteiger charge is -2.42. The van der Waals surface area contributed by atoms with Crippen molar-refractivity contribution in [2.75, 3.05) is 0 Å². The molecule has 0 aliphatic carbocycles. The third kappa shape index (κ3) is 1.76. The zero-order valence-electron chi connectivity index (χ0n) is 8.49. The Labute approximate surface area is 73.3 Å². The van der Waals surface area contributed by atoms with Crippen LogP contribution in [0.1, 0.15) is 34.6 Å². The van der Waals surface area contributed by atoms with Gasteiger partial charge in [-0.05, 0) is 19.8 Å². The lowest BCUT2D eigenvalue weighted by molar-refractivity contribution is -0.131. The third-order valence-corrected chi connectivity index (χ3v) is 3.09. The second kappa shape index (κ2) is 3.29. The van der Waals surface area contributed by atoms with Crippen molar-refractivity contribution >= 4 is 0 Å². The second-order valence-electron chi connectivity index (χ2n) is 4.11. The van der Waals surface area contributed by atoms with Gasteiger partial charge in [0.1, 0.15) is 0 Å². The molecule has 0 aliphatic rings. The summed E-state index contributed by atoms with van der Waals surface area (Å²) in [5.41, 5.74) is 4.46. The summed E-state index contributed by atoms with van der Waals surface area (Å²) in [6, 6.07) is -0.502. The van der Waals surface area contributed by atoms with Crippen molar-refractivity contribution in [3.63, 3.8) is 0 Å². The Kier molecular flexibility index (Phi) is 3.24. The Morgan fingerprint density at radius 1 is 1.08 bits per heavy atom. The first-order chi connectivity index (χ1) is 5.14. The van der Waals surface area contributed by atoms with E-state index in [4.69, 9.17) is 5.73 Å². The van der Waals surface area contributed by atoms with Crippen molar-refractivity contribution in [1.82, 2.24) is 0 Å². The van der Waals surface area contributed by atoms with Gasteiger partial charge in [-0.3, -0.25) is 0 Å². The van der Waals surface area contributed by atoms with Gasteiger partial charge in [0.2, 0.25) is 0 Å². The molecule has 0 heterocycles. The third-order valence-electron chi connectivity index (χ3n) is 3.09. The summed E-state index contributed by atoms with van der Waals surface area (Å²) < 4.78 is 26.4. The van der Waals surface area contributed by atoms with Crippen molar-refractivity contribution < 1.29 is 8.78 Å². The first-order valence-corrected chi connectivity index (χ1v) is 4.27. The highest BCUT2D eigenvalue weighted by Crippen LogP contribution is 2.44. The SMILES string of the molecule is CC(C)[C@@](C)(C(C)N)C(C)(F)F. The van der Waals surface area contributed by atoms with Crippen molar-refractivity contribution in [3.05, 3.63) is 0 Å². The first-order valence-electron chi connectivity index (χ1n) is 4.27. The Bertz CT molecular complexity index is 139. The molecule has 2 N–H and O–H groups in total. The van der Waals surface area contributed by atoms with Gasteiger partial charge in [0.15, 0.2) is 0 Å². The maximum atomic E-state index is 13.2. The molecular formula is C9H19F2N. The van der Waals surface area contributed by atoms with E-state index in [1.807, 2.05) is 0 Å². The van der Waals surface area contributed by atoms with Gasteiger partial charge >= 0.3 is 0 Å². The number of rotatable bonds is 3. The van der Waals surface area contributed by atoms with Crippen LogP contribution >= 0.6 is 0 Å². The summed E-state index contributed by atoms with van der Waals surface area (Å²) in [6.07, 6.45) is 0. The van der Waals surface area contributed by atoms with E-state index in [-0.39, 0.29) is 5.92 Å². The fraction of sp³-hybridized carbons (Fsp3) is 1.00. The Balaban J connectivity index is 4.89. The predicted octanol–water partition coefficient (Wildman–Crippen LogP) is 2.65. The van der Waals surface area contributed by atoms with Gasteiger partial charge < -0.3 is 5.73 Å². The molecule has 74 valence electrons. The fourth-order valence-electron chi connectivity index (χ4n) is 1.43. The molecular weight excluding hydrogens is 160 g/mol. The lowest BCUT2D eigenvalue weighted by Crippen LogP contribution is -2.52. The molecule has 0 fully saturated rings. The largest absolute Gasteiger partial charge is 0.327 e. The molecule has 0 spiro atoms. The summed E-state index contributed by atoms with van der Waals surface area (Å²) in [5.74, 6) is -2.85. The number of halogens is 2. The van der Waals surface area contributed by atoms with E-state index in [1.165, 1.54) is 0 Å². The van der Waals surface area contributed by atoms with Crippen LogP contribution in [-0.4, -0.2) is 12.0 Å². The average Bonchev–Trinajstić information content (AvgIpc) is 1.82. The molecule has 3 heteroatoms. The van der Waals surface area contributed by atoms with Crippen LogP contribution in [0.15, 0.2) is 0 Å². The average molecular weight is 179 g/mol. The van der Waals surface area contributed by atoms with Crippen molar-refractivity contribution in [1.29, 1.82) is 0 Å². The topological polar surface area (TPSA) is 26.0 Å². The molecule has 0 amide bonds. The molecule has 0 aromatic heterocycles. The van der Waals surface area contributed by atoms with Gasteiger partial charge in [0.05, 0.1) is 0 Å². The molecule has 2 atom stereocenters. The molecule has 1 nitrogen and oxygen atoms in total. The molecule has 0 aromatic rings. The van der Waals surface area contributed by atoms with Crippen molar-refractivity contribution in [3.8, 4) is 0 Å². The molecule has 0 rings (SSSR count). The number of hydrogen-bond acceptors (Lipinski definition) is 1. The standard InChI is InChI=1S/C9H19F2N/c1-6(2)8(4,7(3)12)9(5,10)11/h6-7H,12H2,1-5H3/t7?,8-/m0/s1. The maximum absolute atomic E-state index is 13.2. The minimum absolute atomic E-state index is 0.127. The van der Waals surface area contributed by atoms with E-state index < -0.39 is 17.4 Å². The lowest BCUT2D eigenvalue weighted by atomic mass is 9.69. The maximum Gasteiger partial charge on any atom is 0.252 e. The van der Waals surface area contributed by atoms with E-state index in [0.29, 0.717) is 0 Å². The van der Waals surface area contributed by atoms with Crippen molar-refractivity contribution in [2.45, 2.75) is 46.6 Å². The molecule has 1 unspecified atom stereocenters. The number of alkyl halides is 2. The van der Waals surface area contributed by atoms with Gasteiger partial charge in [0, 0.05) is 11.5 Å². The van der Waals surface area contributed by atoms with E-state index in [2.05, 4.69) is 0 Å². The Morgan fingerprint density at radius 3 is 1.42 bits per heavy atom. The summed E-state index contributed by atoms with van der Waals surface area (Å²) in [7, 11) is 0.